The van der Waals surface area contributed by atoms with Gasteiger partial charge in [-0.15, -0.1) is 0 Å². The number of imide groups is 1. The Hall–Kier alpha value is -3.88. The van der Waals surface area contributed by atoms with Crippen LogP contribution in [0.5, 0.6) is 11.5 Å². The molecule has 3 aromatic carbocycles. The zero-order valence-electron chi connectivity index (χ0n) is 20.6. The second-order valence-corrected chi connectivity index (χ2v) is 10.8. The molecule has 4 rings (SSSR count). The zero-order chi connectivity index (χ0) is 30.1. The highest BCUT2D eigenvalue weighted by Gasteiger charge is 2.37. The highest BCUT2D eigenvalue weighted by atomic mass is 79.9. The van der Waals surface area contributed by atoms with Crippen LogP contribution in [0, 0.1) is 17.0 Å². The van der Waals surface area contributed by atoms with Crippen LogP contribution >= 0.6 is 39.3 Å². The summed E-state index contributed by atoms with van der Waals surface area (Å²) in [5.41, 5.74) is -0.839. The quantitative estimate of drug-likeness (QED) is 0.155. The summed E-state index contributed by atoms with van der Waals surface area (Å²) < 4.78 is 45.3. The molecule has 0 saturated carbocycles. The van der Waals surface area contributed by atoms with Gasteiger partial charge >= 0.3 is 11.9 Å². The van der Waals surface area contributed by atoms with E-state index in [1.165, 1.54) is 30.3 Å². The van der Waals surface area contributed by atoms with Crippen LogP contribution < -0.4 is 10.1 Å². The van der Waals surface area contributed by atoms with Crippen LogP contribution in [0.2, 0.25) is 5.02 Å². The number of aryl methyl sites for hydroxylation is 1. The number of alkyl halides is 3. The number of ether oxygens (including phenoxy) is 1. The smallest absolute Gasteiger partial charge is 0.416 e. The third kappa shape index (κ3) is 7.07. The van der Waals surface area contributed by atoms with Gasteiger partial charge < -0.3 is 10.1 Å². The van der Waals surface area contributed by atoms with Crippen LogP contribution in [0.1, 0.15) is 16.7 Å². The van der Waals surface area contributed by atoms with Crippen molar-refractivity contribution in [1.82, 2.24) is 4.90 Å². The zero-order valence-corrected chi connectivity index (χ0v) is 23.8. The lowest BCUT2D eigenvalue weighted by molar-refractivity contribution is -0.385. The molecule has 41 heavy (non-hydrogen) atoms. The predicted molar refractivity (Wildman–Crippen MR) is 150 cm³/mol. The fraction of sp³-hybridized carbons (Fsp3) is 0.115. The summed E-state index contributed by atoms with van der Waals surface area (Å²) in [4.78, 5) is 49.3. The lowest BCUT2D eigenvalue weighted by Crippen LogP contribution is -2.36. The van der Waals surface area contributed by atoms with Crippen molar-refractivity contribution in [3.05, 3.63) is 95.8 Å². The number of hydrogen-bond donors (Lipinski definition) is 1. The Morgan fingerprint density at radius 3 is 2.54 bits per heavy atom. The van der Waals surface area contributed by atoms with Crippen molar-refractivity contribution in [2.75, 3.05) is 11.9 Å². The predicted octanol–water partition coefficient (Wildman–Crippen LogP) is 7.81. The average molecular weight is 671 g/mol. The Morgan fingerprint density at radius 1 is 1.15 bits per heavy atom. The normalized spacial score (nSPS) is 14.5. The van der Waals surface area contributed by atoms with Crippen molar-refractivity contribution in [2.24, 2.45) is 0 Å². The number of anilines is 1. The average Bonchev–Trinajstić information content (AvgIpc) is 3.14. The third-order valence-corrected chi connectivity index (χ3v) is 7.25. The Balaban J connectivity index is 1.59. The number of nitrogens with zero attached hydrogens (tertiary/aromatic N) is 2. The summed E-state index contributed by atoms with van der Waals surface area (Å²) in [7, 11) is 0. The minimum absolute atomic E-state index is 0.0444. The number of carbonyl (C=O) groups excluding carboxylic acids is 3. The first-order valence-corrected chi connectivity index (χ1v) is 13.4. The van der Waals surface area contributed by atoms with Crippen LogP contribution in [-0.2, 0) is 15.8 Å². The molecule has 0 bridgehead atoms. The summed E-state index contributed by atoms with van der Waals surface area (Å²) in [6.07, 6.45) is -3.53. The number of nitrogens with one attached hydrogen (secondary N) is 1. The topological polar surface area (TPSA) is 119 Å². The van der Waals surface area contributed by atoms with Crippen LogP contribution in [0.3, 0.4) is 0 Å². The molecule has 0 unspecified atom stereocenters. The highest BCUT2D eigenvalue weighted by molar-refractivity contribution is 9.10. The van der Waals surface area contributed by atoms with Crippen molar-refractivity contribution in [3.8, 4) is 11.5 Å². The minimum Gasteiger partial charge on any atom is -0.449 e. The summed E-state index contributed by atoms with van der Waals surface area (Å²) in [6, 6.07) is 11.0. The van der Waals surface area contributed by atoms with Gasteiger partial charge in [-0.3, -0.25) is 29.4 Å². The van der Waals surface area contributed by atoms with Crippen LogP contribution in [0.15, 0.2) is 64.0 Å². The molecule has 0 aromatic heterocycles. The van der Waals surface area contributed by atoms with Gasteiger partial charge in [0.05, 0.1) is 15.4 Å². The summed E-state index contributed by atoms with van der Waals surface area (Å²) >= 11 is 9.79. The van der Waals surface area contributed by atoms with Crippen LogP contribution in [0.25, 0.3) is 6.08 Å². The highest BCUT2D eigenvalue weighted by Crippen LogP contribution is 2.40. The fourth-order valence-corrected chi connectivity index (χ4v) is 4.99. The SMILES string of the molecule is Cc1ccc(Cl)cc1NC(=O)CN1C(=O)S/C(=C/c2cc(Br)ccc2Oc2ccc(C(F)(F)F)cc2[N+](=O)[O-])C1=O. The molecular weight excluding hydrogens is 655 g/mol. The van der Waals surface area contributed by atoms with Gasteiger partial charge in [-0.2, -0.15) is 13.2 Å². The molecule has 1 heterocycles. The second-order valence-electron chi connectivity index (χ2n) is 8.50. The largest absolute Gasteiger partial charge is 0.449 e. The maximum absolute atomic E-state index is 13.1. The molecule has 1 aliphatic rings. The van der Waals surface area contributed by atoms with Crippen molar-refractivity contribution in [2.45, 2.75) is 13.1 Å². The lowest BCUT2D eigenvalue weighted by Gasteiger charge is -2.14. The van der Waals surface area contributed by atoms with Gasteiger partial charge in [-0.05, 0) is 72.8 Å². The van der Waals surface area contributed by atoms with Gasteiger partial charge in [0.1, 0.15) is 12.3 Å². The maximum Gasteiger partial charge on any atom is 0.416 e. The molecule has 1 fully saturated rings. The van der Waals surface area contributed by atoms with E-state index < -0.39 is 51.7 Å². The van der Waals surface area contributed by atoms with Gasteiger partial charge in [0.15, 0.2) is 0 Å². The number of nitro benzene ring substituents is 1. The number of thioether (sulfide) groups is 1. The van der Waals surface area contributed by atoms with Gasteiger partial charge in [-0.1, -0.05) is 33.6 Å². The summed E-state index contributed by atoms with van der Waals surface area (Å²) in [6.45, 7) is 1.17. The molecule has 3 aromatic rings. The van der Waals surface area contributed by atoms with Crippen molar-refractivity contribution < 1.29 is 37.2 Å². The first kappa shape index (κ1) is 30.1. The number of hydrogen-bond acceptors (Lipinski definition) is 7. The summed E-state index contributed by atoms with van der Waals surface area (Å²) in [5, 5.41) is 13.7. The number of amides is 3. The number of benzene rings is 3. The lowest BCUT2D eigenvalue weighted by atomic mass is 10.1. The molecule has 1 aliphatic heterocycles. The molecule has 0 radical (unpaired) electrons. The Labute approximate surface area is 247 Å². The van der Waals surface area contributed by atoms with E-state index in [-0.39, 0.29) is 16.2 Å². The molecule has 0 atom stereocenters. The monoisotopic (exact) mass is 669 g/mol. The van der Waals surface area contributed by atoms with E-state index in [4.69, 9.17) is 16.3 Å². The van der Waals surface area contributed by atoms with Gasteiger partial charge in [0.2, 0.25) is 11.7 Å². The van der Waals surface area contributed by atoms with Crippen LogP contribution in [-0.4, -0.2) is 33.4 Å². The second kappa shape index (κ2) is 11.9. The Kier molecular flexibility index (Phi) is 8.75. The molecule has 0 spiro atoms. The molecule has 212 valence electrons. The van der Waals surface area contributed by atoms with Crippen molar-refractivity contribution in [3.63, 3.8) is 0 Å². The van der Waals surface area contributed by atoms with E-state index in [0.29, 0.717) is 44.6 Å². The van der Waals surface area contributed by atoms with E-state index >= 15 is 0 Å². The third-order valence-electron chi connectivity index (χ3n) is 5.61. The van der Waals surface area contributed by atoms with E-state index in [1.54, 1.807) is 19.1 Å². The molecule has 3 amide bonds. The van der Waals surface area contributed by atoms with E-state index in [1.807, 2.05) is 0 Å². The fourth-order valence-electron chi connectivity index (χ4n) is 3.61. The summed E-state index contributed by atoms with van der Waals surface area (Å²) in [5.74, 6) is -1.93. The maximum atomic E-state index is 13.1. The molecule has 9 nitrogen and oxygen atoms in total. The molecule has 1 N–H and O–H groups in total. The van der Waals surface area contributed by atoms with E-state index in [9.17, 15) is 37.7 Å². The van der Waals surface area contributed by atoms with Gasteiger partial charge in [0.25, 0.3) is 11.1 Å². The first-order chi connectivity index (χ1) is 19.2. The van der Waals surface area contributed by atoms with E-state index in [0.717, 1.165) is 11.0 Å². The number of halogens is 5. The number of nitro groups is 1. The van der Waals surface area contributed by atoms with Gasteiger partial charge in [0, 0.05) is 26.8 Å². The molecule has 1 saturated heterocycles. The van der Waals surface area contributed by atoms with Gasteiger partial charge in [-0.25, -0.2) is 0 Å². The van der Waals surface area contributed by atoms with Crippen molar-refractivity contribution in [1.29, 1.82) is 0 Å². The molecule has 0 aliphatic carbocycles. The van der Waals surface area contributed by atoms with Crippen molar-refractivity contribution >= 4 is 73.8 Å². The minimum atomic E-state index is -4.81. The molecular formula is C26H16BrClF3N3O6S. The van der Waals surface area contributed by atoms with Crippen LogP contribution in [0.4, 0.5) is 29.3 Å². The number of rotatable bonds is 7. The molecule has 15 heteroatoms. The van der Waals surface area contributed by atoms with E-state index in [2.05, 4.69) is 21.2 Å². The number of carbonyl (C=O) groups is 3. The Bertz CT molecular complexity index is 1630. The Morgan fingerprint density at radius 2 is 1.85 bits per heavy atom. The first-order valence-electron chi connectivity index (χ1n) is 11.4. The standard InChI is InChI=1S/C26H16BrClF3N3O6S/c1-13-2-5-17(28)11-18(13)32-23(35)12-33-24(36)22(41-25(33)37)9-14-8-16(27)4-7-20(14)40-21-6-3-15(26(29,30)31)10-19(21)34(38)39/h2-11H,12H2,1H3,(H,32,35)/b22-9+.